The van der Waals surface area contributed by atoms with Crippen molar-refractivity contribution in [1.82, 2.24) is 0 Å². The highest BCUT2D eigenvalue weighted by Gasteiger charge is 2.43. The lowest BCUT2D eigenvalue weighted by Crippen LogP contribution is -2.27. The van der Waals surface area contributed by atoms with Crippen LogP contribution in [0.4, 0.5) is 11.4 Å². The molecule has 0 spiro atoms. The molecule has 0 atom stereocenters. The zero-order chi connectivity index (χ0) is 32.1. The molecular formula is C43H61N2+. The Morgan fingerprint density at radius 1 is 0.600 bits per heavy atom. The van der Waals surface area contributed by atoms with E-state index in [2.05, 4.69) is 142 Å². The third-order valence-corrected chi connectivity index (χ3v) is 10.0. The van der Waals surface area contributed by atoms with Crippen LogP contribution >= 0.6 is 0 Å². The lowest BCUT2D eigenvalue weighted by atomic mass is 9.81. The molecule has 2 aliphatic heterocycles. The molecule has 242 valence electrons. The lowest BCUT2D eigenvalue weighted by molar-refractivity contribution is -0.438. The first-order chi connectivity index (χ1) is 21.8. The number of benzene rings is 2. The fourth-order valence-electron chi connectivity index (χ4n) is 7.35. The van der Waals surface area contributed by atoms with Crippen molar-refractivity contribution < 1.29 is 4.58 Å². The highest BCUT2D eigenvalue weighted by atomic mass is 15.2. The van der Waals surface area contributed by atoms with E-state index in [4.69, 9.17) is 0 Å². The van der Waals surface area contributed by atoms with Gasteiger partial charge in [0.15, 0.2) is 5.71 Å². The van der Waals surface area contributed by atoms with Gasteiger partial charge in [0.05, 0.1) is 5.41 Å². The second-order valence-corrected chi connectivity index (χ2v) is 14.2. The molecule has 2 heteroatoms. The Bertz CT molecular complexity index is 1380. The molecule has 0 unspecified atom stereocenters. The minimum Gasteiger partial charge on any atom is -0.344 e. The molecule has 2 aliphatic rings. The van der Waals surface area contributed by atoms with Crippen LogP contribution in [-0.2, 0) is 10.8 Å². The Hall–Kier alpha value is -3.13. The molecule has 0 radical (unpaired) electrons. The van der Waals surface area contributed by atoms with E-state index in [0.29, 0.717) is 0 Å². The van der Waals surface area contributed by atoms with Gasteiger partial charge in [-0.1, -0.05) is 152 Å². The molecule has 0 N–H and O–H groups in total. The van der Waals surface area contributed by atoms with Crippen molar-refractivity contribution in [2.24, 2.45) is 0 Å². The van der Waals surface area contributed by atoms with Crippen molar-refractivity contribution in [3.8, 4) is 0 Å². The van der Waals surface area contributed by atoms with E-state index < -0.39 is 0 Å². The standard InChI is InChI=1S/C43H61N2/c1-7-9-11-13-18-26-34-44-38-30-24-22-28-36(38)42(3,4)40(44)32-20-16-15-17-21-33-41-43(5,6)37-29-23-25-31-39(37)45(41)35-27-19-14-12-10-8-2/h15-17,20-25,28-33H,7-14,18-19,26-27,34-35H2,1-6H3/q+1. The number of rotatable bonds is 18. The van der Waals surface area contributed by atoms with Crippen LogP contribution in [0.25, 0.3) is 0 Å². The van der Waals surface area contributed by atoms with Crippen LogP contribution in [0.15, 0.2) is 96.8 Å². The van der Waals surface area contributed by atoms with Gasteiger partial charge in [-0.3, -0.25) is 0 Å². The number of hydrogen-bond donors (Lipinski definition) is 0. The summed E-state index contributed by atoms with van der Waals surface area (Å²) in [6.07, 6.45) is 31.6. The van der Waals surface area contributed by atoms with Crippen LogP contribution in [0.2, 0.25) is 0 Å². The van der Waals surface area contributed by atoms with E-state index in [-0.39, 0.29) is 10.8 Å². The molecule has 4 rings (SSSR count). The molecule has 2 heterocycles. The largest absolute Gasteiger partial charge is 0.344 e. The fourth-order valence-corrected chi connectivity index (χ4v) is 7.35. The van der Waals surface area contributed by atoms with Gasteiger partial charge < -0.3 is 4.90 Å². The van der Waals surface area contributed by atoms with Crippen LogP contribution in [0, 0.1) is 0 Å². The fraction of sp³-hybridized carbons (Fsp3) is 0.512. The van der Waals surface area contributed by atoms with Gasteiger partial charge in [0.25, 0.3) is 0 Å². The monoisotopic (exact) mass is 605 g/mol. The van der Waals surface area contributed by atoms with Gasteiger partial charge in [0.1, 0.15) is 6.54 Å². The molecule has 2 nitrogen and oxygen atoms in total. The van der Waals surface area contributed by atoms with Crippen LogP contribution in [0.3, 0.4) is 0 Å². The summed E-state index contributed by atoms with van der Waals surface area (Å²) in [6.45, 7) is 16.3. The Kier molecular flexibility index (Phi) is 13.1. The van der Waals surface area contributed by atoms with Crippen LogP contribution in [0.5, 0.6) is 0 Å². The number of unbranched alkanes of at least 4 members (excludes halogenated alkanes) is 10. The predicted octanol–water partition coefficient (Wildman–Crippen LogP) is 12.1. The Morgan fingerprint density at radius 3 is 1.91 bits per heavy atom. The second kappa shape index (κ2) is 17.0. The van der Waals surface area contributed by atoms with Gasteiger partial charge >= 0.3 is 0 Å². The molecule has 2 aromatic rings. The summed E-state index contributed by atoms with van der Waals surface area (Å²) in [5.74, 6) is 0. The van der Waals surface area contributed by atoms with Gasteiger partial charge in [-0.2, -0.15) is 4.58 Å². The first-order valence-electron chi connectivity index (χ1n) is 18.2. The molecule has 0 amide bonds. The Balaban J connectivity index is 1.44. The van der Waals surface area contributed by atoms with Gasteiger partial charge in [-0.05, 0) is 44.4 Å². The lowest BCUT2D eigenvalue weighted by Gasteiger charge is -2.27. The maximum Gasteiger partial charge on any atom is 0.209 e. The van der Waals surface area contributed by atoms with E-state index in [0.717, 1.165) is 13.1 Å². The van der Waals surface area contributed by atoms with E-state index in [1.807, 2.05) is 0 Å². The number of nitrogens with zero attached hydrogens (tertiary/aromatic N) is 2. The number of hydrogen-bond acceptors (Lipinski definition) is 1. The Morgan fingerprint density at radius 2 is 1.18 bits per heavy atom. The average molecular weight is 606 g/mol. The van der Waals surface area contributed by atoms with Gasteiger partial charge in [-0.15, -0.1) is 0 Å². The topological polar surface area (TPSA) is 6.25 Å². The normalized spacial score (nSPS) is 17.9. The number of para-hydroxylation sites is 2. The summed E-state index contributed by atoms with van der Waals surface area (Å²) < 4.78 is 2.58. The van der Waals surface area contributed by atoms with Crippen LogP contribution < -0.4 is 4.90 Å². The van der Waals surface area contributed by atoms with Crippen molar-refractivity contribution in [1.29, 1.82) is 0 Å². The molecule has 0 fully saturated rings. The third kappa shape index (κ3) is 8.57. The van der Waals surface area contributed by atoms with Crippen molar-refractivity contribution in [3.05, 3.63) is 108 Å². The molecule has 0 saturated heterocycles. The minimum atomic E-state index is 0.00588. The second-order valence-electron chi connectivity index (χ2n) is 14.2. The molecular weight excluding hydrogens is 544 g/mol. The molecule has 0 bridgehead atoms. The van der Waals surface area contributed by atoms with Gasteiger partial charge in [0, 0.05) is 47.5 Å². The zero-order valence-corrected chi connectivity index (χ0v) is 29.5. The average Bonchev–Trinajstić information content (AvgIpc) is 3.38. The summed E-state index contributed by atoms with van der Waals surface area (Å²) in [7, 11) is 0. The van der Waals surface area contributed by atoms with Gasteiger partial charge in [-0.25, -0.2) is 0 Å². The Labute approximate surface area is 276 Å². The summed E-state index contributed by atoms with van der Waals surface area (Å²) in [6, 6.07) is 18.0. The smallest absolute Gasteiger partial charge is 0.209 e. The molecule has 0 aliphatic carbocycles. The van der Waals surface area contributed by atoms with Crippen LogP contribution in [0.1, 0.15) is 130 Å². The molecule has 2 aromatic carbocycles. The highest BCUT2D eigenvalue weighted by Crippen LogP contribution is 2.47. The van der Waals surface area contributed by atoms with E-state index >= 15 is 0 Å². The third-order valence-electron chi connectivity index (χ3n) is 10.0. The summed E-state index contributed by atoms with van der Waals surface area (Å²) in [4.78, 5) is 2.58. The van der Waals surface area contributed by atoms with Crippen LogP contribution in [-0.4, -0.2) is 23.4 Å². The zero-order valence-electron chi connectivity index (χ0n) is 29.5. The SMILES string of the molecule is CCCCCCCCN1C(=CC=CC=C/C=C/C2=[N+](CCCCCCCC)c3ccccc3C2(C)C)C(C)(C)c2ccccc21. The van der Waals surface area contributed by atoms with Gasteiger partial charge in [0.2, 0.25) is 5.69 Å². The van der Waals surface area contributed by atoms with Crippen molar-refractivity contribution in [3.63, 3.8) is 0 Å². The van der Waals surface area contributed by atoms with E-state index in [1.165, 1.54) is 111 Å². The highest BCUT2D eigenvalue weighted by molar-refractivity contribution is 6.03. The summed E-state index contributed by atoms with van der Waals surface area (Å²) in [5, 5.41) is 0. The molecule has 0 aromatic heterocycles. The maximum absolute atomic E-state index is 2.58. The predicted molar refractivity (Wildman–Crippen MR) is 198 cm³/mol. The summed E-state index contributed by atoms with van der Waals surface area (Å²) in [5.41, 5.74) is 8.48. The number of anilines is 1. The minimum absolute atomic E-state index is 0.00588. The number of allylic oxidation sites excluding steroid dienone is 8. The quantitative estimate of drug-likeness (QED) is 0.0930. The maximum atomic E-state index is 2.58. The van der Waals surface area contributed by atoms with Crippen molar-refractivity contribution in [2.45, 2.75) is 129 Å². The van der Waals surface area contributed by atoms with Crippen molar-refractivity contribution >= 4 is 17.1 Å². The molecule has 0 saturated carbocycles. The van der Waals surface area contributed by atoms with E-state index in [1.54, 1.807) is 0 Å². The number of fused-ring (bicyclic) bond motifs is 2. The first kappa shape index (κ1) is 34.7. The first-order valence-corrected chi connectivity index (χ1v) is 18.2. The van der Waals surface area contributed by atoms with Crippen molar-refractivity contribution in [2.75, 3.05) is 18.0 Å². The summed E-state index contributed by atoms with van der Waals surface area (Å²) >= 11 is 0. The van der Waals surface area contributed by atoms with E-state index in [9.17, 15) is 0 Å². The molecule has 45 heavy (non-hydrogen) atoms.